The zero-order valence-electron chi connectivity index (χ0n) is 7.84. The summed E-state index contributed by atoms with van der Waals surface area (Å²) in [5, 5.41) is 0. The first-order chi connectivity index (χ1) is 6.92. The number of carbonyl (C=O) groups excluding carboxylic acids is 1. The molecule has 0 heterocycles. The average molecular weight is 231 g/mol. The molecule has 0 saturated carbocycles. The van der Waals surface area contributed by atoms with Crippen molar-refractivity contribution in [1.29, 1.82) is 0 Å². The number of benzene rings is 1. The summed E-state index contributed by atoms with van der Waals surface area (Å²) >= 11 is 0. The highest BCUT2D eigenvalue weighted by atomic mass is 32.2. The van der Waals surface area contributed by atoms with Crippen LogP contribution in [0.4, 0.5) is 4.79 Å². The van der Waals surface area contributed by atoms with E-state index in [1.54, 1.807) is 19.1 Å². The number of hydrogen-bond acceptors (Lipinski definition) is 5. The van der Waals surface area contributed by atoms with Crippen LogP contribution in [0.5, 0.6) is 0 Å². The maximum absolute atomic E-state index is 11.3. The van der Waals surface area contributed by atoms with E-state index in [0.717, 1.165) is 5.56 Å². The van der Waals surface area contributed by atoms with Crippen molar-refractivity contribution in [2.24, 2.45) is 5.73 Å². The molecule has 6 nitrogen and oxygen atoms in total. The number of rotatable bonds is 3. The highest BCUT2D eigenvalue weighted by Gasteiger charge is 2.17. The first kappa shape index (κ1) is 11.5. The fourth-order valence-electron chi connectivity index (χ4n) is 0.823. The van der Waals surface area contributed by atoms with E-state index in [-0.39, 0.29) is 4.90 Å². The average Bonchev–Trinajstić information content (AvgIpc) is 2.16. The van der Waals surface area contributed by atoms with E-state index < -0.39 is 16.2 Å². The van der Waals surface area contributed by atoms with Gasteiger partial charge in [0.2, 0.25) is 0 Å². The van der Waals surface area contributed by atoms with E-state index in [0.29, 0.717) is 0 Å². The second-order valence-electron chi connectivity index (χ2n) is 2.74. The summed E-state index contributed by atoms with van der Waals surface area (Å²) in [6, 6.07) is 5.82. The Morgan fingerprint density at radius 3 is 2.27 bits per heavy atom. The van der Waals surface area contributed by atoms with Crippen LogP contribution in [0.25, 0.3) is 0 Å². The molecule has 0 aliphatic carbocycles. The lowest BCUT2D eigenvalue weighted by Gasteiger charge is -2.02. The van der Waals surface area contributed by atoms with Crippen LogP contribution >= 0.6 is 0 Å². The molecule has 0 aromatic heterocycles. The summed E-state index contributed by atoms with van der Waals surface area (Å²) in [6.45, 7) is 1.80. The van der Waals surface area contributed by atoms with Gasteiger partial charge in [-0.15, -0.1) is 0 Å². The summed E-state index contributed by atoms with van der Waals surface area (Å²) in [4.78, 5) is 13.8. The molecule has 82 valence electrons. The minimum Gasteiger partial charge on any atom is -0.333 e. The molecule has 0 aliphatic heterocycles. The zero-order chi connectivity index (χ0) is 11.5. The molecule has 0 bridgehead atoms. The van der Waals surface area contributed by atoms with Crippen LogP contribution in [0.15, 0.2) is 29.2 Å². The highest BCUT2D eigenvalue weighted by molar-refractivity contribution is 7.86. The van der Waals surface area contributed by atoms with Gasteiger partial charge in [-0.3, -0.25) is 4.89 Å². The predicted molar refractivity (Wildman–Crippen MR) is 50.1 cm³/mol. The van der Waals surface area contributed by atoms with Gasteiger partial charge in [-0.25, -0.2) is 4.79 Å². The van der Waals surface area contributed by atoms with Crippen LogP contribution < -0.4 is 5.73 Å². The summed E-state index contributed by atoms with van der Waals surface area (Å²) < 4.78 is 26.5. The van der Waals surface area contributed by atoms with Crippen molar-refractivity contribution in [2.45, 2.75) is 11.8 Å². The lowest BCUT2D eigenvalue weighted by atomic mass is 10.2. The molecule has 7 heteroatoms. The molecule has 1 rings (SSSR count). The third-order valence-corrected chi connectivity index (χ3v) is 2.61. The third-order valence-electron chi connectivity index (χ3n) is 1.52. The zero-order valence-corrected chi connectivity index (χ0v) is 8.65. The van der Waals surface area contributed by atoms with E-state index in [4.69, 9.17) is 0 Å². The molecule has 2 N–H and O–H groups in total. The summed E-state index contributed by atoms with van der Waals surface area (Å²) in [6.07, 6.45) is -1.33. The molecular formula is C8H9NO5S. The monoisotopic (exact) mass is 231 g/mol. The number of amides is 1. The van der Waals surface area contributed by atoms with E-state index in [2.05, 4.69) is 15.0 Å². The quantitative estimate of drug-likeness (QED) is 0.610. The maximum Gasteiger partial charge on any atom is 0.437 e. The normalized spacial score (nSPS) is 11.0. The van der Waals surface area contributed by atoms with Gasteiger partial charge in [0.25, 0.3) is 0 Å². The maximum atomic E-state index is 11.3. The molecule has 1 aromatic rings. The Labute approximate surface area is 86.7 Å². The summed E-state index contributed by atoms with van der Waals surface area (Å²) in [7, 11) is -4.10. The lowest BCUT2D eigenvalue weighted by Crippen LogP contribution is -2.17. The second-order valence-corrected chi connectivity index (χ2v) is 4.25. The first-order valence-corrected chi connectivity index (χ1v) is 5.30. The van der Waals surface area contributed by atoms with E-state index >= 15 is 0 Å². The number of nitrogens with two attached hydrogens (primary N) is 1. The standard InChI is InChI=1S/C8H9NO5S/c1-6-2-4-7(5-3-6)15(11,12)14-13-8(9)10/h2-5H,1H3,(H2,9,10). The van der Waals surface area contributed by atoms with E-state index in [1.807, 2.05) is 0 Å². The molecule has 0 unspecified atom stereocenters. The third kappa shape index (κ3) is 3.22. The molecule has 0 spiro atoms. The molecule has 0 saturated heterocycles. The van der Waals surface area contributed by atoms with Gasteiger partial charge in [0.15, 0.2) is 0 Å². The minimum absolute atomic E-state index is 0.116. The van der Waals surface area contributed by atoms with Crippen molar-refractivity contribution in [3.05, 3.63) is 29.8 Å². The van der Waals surface area contributed by atoms with Crippen LogP contribution in [0.3, 0.4) is 0 Å². The Balaban J connectivity index is 2.87. The van der Waals surface area contributed by atoms with Gasteiger partial charge in [-0.1, -0.05) is 17.7 Å². The van der Waals surface area contributed by atoms with Gasteiger partial charge in [-0.2, -0.15) is 8.42 Å². The van der Waals surface area contributed by atoms with Gasteiger partial charge in [-0.05, 0) is 23.4 Å². The molecule has 0 atom stereocenters. The molecule has 0 aliphatic rings. The Hall–Kier alpha value is -1.60. The van der Waals surface area contributed by atoms with Crippen LogP contribution in [0, 0.1) is 6.92 Å². The van der Waals surface area contributed by atoms with E-state index in [1.165, 1.54) is 12.1 Å². The fourth-order valence-corrected chi connectivity index (χ4v) is 1.53. The fraction of sp³-hybridized carbons (Fsp3) is 0.125. The van der Waals surface area contributed by atoms with Crippen molar-refractivity contribution in [1.82, 2.24) is 0 Å². The van der Waals surface area contributed by atoms with Gasteiger partial charge in [0.1, 0.15) is 0 Å². The van der Waals surface area contributed by atoms with Gasteiger partial charge >= 0.3 is 16.2 Å². The first-order valence-electron chi connectivity index (χ1n) is 3.89. The van der Waals surface area contributed by atoms with Crippen molar-refractivity contribution in [2.75, 3.05) is 0 Å². The van der Waals surface area contributed by atoms with Crippen molar-refractivity contribution >= 4 is 16.2 Å². The smallest absolute Gasteiger partial charge is 0.333 e. The van der Waals surface area contributed by atoms with Crippen LogP contribution in [0.2, 0.25) is 0 Å². The van der Waals surface area contributed by atoms with Gasteiger partial charge < -0.3 is 5.73 Å². The van der Waals surface area contributed by atoms with E-state index in [9.17, 15) is 13.2 Å². The molecule has 0 radical (unpaired) electrons. The summed E-state index contributed by atoms with van der Waals surface area (Å²) in [5.41, 5.74) is 5.44. The Morgan fingerprint density at radius 2 is 1.80 bits per heavy atom. The highest BCUT2D eigenvalue weighted by Crippen LogP contribution is 2.13. The molecular weight excluding hydrogens is 222 g/mol. The Morgan fingerprint density at radius 1 is 1.27 bits per heavy atom. The number of aryl methyl sites for hydroxylation is 1. The number of hydrogen-bond donors (Lipinski definition) is 1. The Kier molecular flexibility index (Phi) is 3.28. The van der Waals surface area contributed by atoms with Crippen molar-refractivity contribution in [3.8, 4) is 0 Å². The van der Waals surface area contributed by atoms with Gasteiger partial charge in [0, 0.05) is 0 Å². The van der Waals surface area contributed by atoms with Gasteiger partial charge in [0.05, 0.1) is 4.90 Å². The second kappa shape index (κ2) is 4.28. The topological polar surface area (TPSA) is 95.7 Å². The Bertz CT molecular complexity index is 450. The summed E-state index contributed by atoms with van der Waals surface area (Å²) in [5.74, 6) is 0. The SMILES string of the molecule is Cc1ccc(S(=O)(=O)OOC(N)=O)cc1. The van der Waals surface area contributed by atoms with Crippen LogP contribution in [0.1, 0.15) is 5.56 Å². The van der Waals surface area contributed by atoms with Crippen LogP contribution in [-0.4, -0.2) is 14.5 Å². The molecule has 15 heavy (non-hydrogen) atoms. The predicted octanol–water partition coefficient (Wildman–Crippen LogP) is 0.711. The number of primary amides is 1. The van der Waals surface area contributed by atoms with Crippen molar-refractivity contribution < 1.29 is 22.4 Å². The minimum atomic E-state index is -4.10. The number of carbonyl (C=O) groups is 1. The molecule has 1 aromatic carbocycles. The molecule has 1 amide bonds. The lowest BCUT2D eigenvalue weighted by molar-refractivity contribution is -0.132. The van der Waals surface area contributed by atoms with Crippen LogP contribution in [-0.2, 0) is 19.3 Å². The largest absolute Gasteiger partial charge is 0.437 e. The van der Waals surface area contributed by atoms with Crippen molar-refractivity contribution in [3.63, 3.8) is 0 Å². The molecule has 0 fully saturated rings.